The first kappa shape index (κ1) is 17.4. The number of nitrogens with zero attached hydrogens (tertiary/aromatic N) is 1. The van der Waals surface area contributed by atoms with Crippen LogP contribution in [-0.2, 0) is 10.0 Å². The molecule has 0 aliphatic heterocycles. The minimum Gasteiger partial charge on any atom is -0.313 e. The summed E-state index contributed by atoms with van der Waals surface area (Å²) in [4.78, 5) is 11.9. The average Bonchev–Trinajstić information content (AvgIpc) is 2.90. The Bertz CT molecular complexity index is 721. The van der Waals surface area contributed by atoms with Crippen molar-refractivity contribution in [3.05, 3.63) is 53.9 Å². The highest BCUT2D eigenvalue weighted by Gasteiger charge is 2.17. The maximum Gasteiger partial charge on any atom is 0.267 e. The fourth-order valence-electron chi connectivity index (χ4n) is 1.79. The van der Waals surface area contributed by atoms with Crippen LogP contribution < -0.4 is 5.32 Å². The van der Waals surface area contributed by atoms with Crippen molar-refractivity contribution >= 4 is 28.2 Å². The van der Waals surface area contributed by atoms with Crippen molar-refractivity contribution in [2.75, 3.05) is 13.6 Å². The van der Waals surface area contributed by atoms with Gasteiger partial charge in [0.05, 0.1) is 11.4 Å². The molecular formula is C14H17ClN2O3S. The van der Waals surface area contributed by atoms with Gasteiger partial charge < -0.3 is 5.32 Å². The fourth-order valence-corrected chi connectivity index (χ4v) is 2.98. The molecule has 0 bridgehead atoms. The lowest BCUT2D eigenvalue weighted by atomic mass is 10.2. The van der Waals surface area contributed by atoms with Crippen LogP contribution in [0.4, 0.5) is 0 Å². The summed E-state index contributed by atoms with van der Waals surface area (Å²) < 4.78 is 25.8. The second kappa shape index (κ2) is 6.89. The molecule has 21 heavy (non-hydrogen) atoms. The first-order valence-corrected chi connectivity index (χ1v) is 7.57. The zero-order chi connectivity index (χ0) is 14.8. The maximum absolute atomic E-state index is 12.4. The summed E-state index contributed by atoms with van der Waals surface area (Å²) in [5.41, 5.74) is 1.36. The lowest BCUT2D eigenvalue weighted by Gasteiger charge is -2.05. The number of rotatable bonds is 5. The van der Waals surface area contributed by atoms with Crippen molar-refractivity contribution in [3.8, 4) is 0 Å². The van der Waals surface area contributed by atoms with Gasteiger partial charge in [-0.3, -0.25) is 4.79 Å². The van der Waals surface area contributed by atoms with Gasteiger partial charge in [-0.25, -0.2) is 12.4 Å². The topological polar surface area (TPSA) is 68.2 Å². The molecule has 0 aliphatic carbocycles. The summed E-state index contributed by atoms with van der Waals surface area (Å²) in [6.45, 7) is 2.06. The SMILES string of the molecule is CNCC(=O)c1ccn(S(=O)(=O)c2ccc(C)cc2)c1.Cl. The highest BCUT2D eigenvalue weighted by molar-refractivity contribution is 7.90. The second-order valence-electron chi connectivity index (χ2n) is 4.50. The van der Waals surface area contributed by atoms with Gasteiger partial charge in [0.25, 0.3) is 10.0 Å². The number of Topliss-reactive ketones (excluding diaryl/α,β-unsaturated/α-hetero) is 1. The molecule has 0 amide bonds. The van der Waals surface area contributed by atoms with E-state index in [4.69, 9.17) is 0 Å². The molecule has 1 N–H and O–H groups in total. The van der Waals surface area contributed by atoms with Gasteiger partial charge in [-0.2, -0.15) is 0 Å². The molecule has 2 aromatic rings. The van der Waals surface area contributed by atoms with E-state index in [0.717, 1.165) is 9.54 Å². The predicted octanol–water partition coefficient (Wildman–Crippen LogP) is 1.86. The Morgan fingerprint density at radius 3 is 2.38 bits per heavy atom. The Kier molecular flexibility index (Phi) is 5.71. The monoisotopic (exact) mass is 328 g/mol. The average molecular weight is 329 g/mol. The molecule has 5 nitrogen and oxygen atoms in total. The summed E-state index contributed by atoms with van der Waals surface area (Å²) in [6.07, 6.45) is 2.73. The molecule has 1 aromatic heterocycles. The van der Waals surface area contributed by atoms with E-state index in [-0.39, 0.29) is 29.6 Å². The van der Waals surface area contributed by atoms with Crippen LogP contribution in [-0.4, -0.2) is 31.8 Å². The summed E-state index contributed by atoms with van der Waals surface area (Å²) in [6, 6.07) is 8.10. The number of carbonyl (C=O) groups excluding carboxylic acids is 1. The maximum atomic E-state index is 12.4. The lowest BCUT2D eigenvalue weighted by Crippen LogP contribution is -2.18. The lowest BCUT2D eigenvalue weighted by molar-refractivity contribution is 0.0993. The van der Waals surface area contributed by atoms with Crippen LogP contribution in [0, 0.1) is 6.92 Å². The molecule has 0 fully saturated rings. The number of nitrogens with one attached hydrogen (secondary N) is 1. The van der Waals surface area contributed by atoms with Crippen molar-refractivity contribution in [1.29, 1.82) is 0 Å². The molecule has 1 aromatic carbocycles. The molecule has 0 saturated carbocycles. The Labute approximate surface area is 130 Å². The van der Waals surface area contributed by atoms with E-state index >= 15 is 0 Å². The van der Waals surface area contributed by atoms with Gasteiger partial charge in [0.15, 0.2) is 5.78 Å². The van der Waals surface area contributed by atoms with Gasteiger partial charge in [-0.15, -0.1) is 12.4 Å². The van der Waals surface area contributed by atoms with E-state index in [1.54, 1.807) is 31.3 Å². The highest BCUT2D eigenvalue weighted by Crippen LogP contribution is 2.16. The van der Waals surface area contributed by atoms with Crippen LogP contribution in [0.1, 0.15) is 15.9 Å². The van der Waals surface area contributed by atoms with Crippen LogP contribution in [0.2, 0.25) is 0 Å². The Hall–Kier alpha value is -1.63. The molecule has 0 atom stereocenters. The van der Waals surface area contributed by atoms with Crippen LogP contribution in [0.25, 0.3) is 0 Å². The number of carbonyl (C=O) groups is 1. The molecule has 0 radical (unpaired) electrons. The van der Waals surface area contributed by atoms with E-state index in [9.17, 15) is 13.2 Å². The van der Waals surface area contributed by atoms with Crippen molar-refractivity contribution in [2.24, 2.45) is 0 Å². The fraction of sp³-hybridized carbons (Fsp3) is 0.214. The largest absolute Gasteiger partial charge is 0.313 e. The van der Waals surface area contributed by atoms with E-state index in [2.05, 4.69) is 5.32 Å². The van der Waals surface area contributed by atoms with Crippen molar-refractivity contribution in [1.82, 2.24) is 9.29 Å². The first-order chi connectivity index (χ1) is 9.45. The Morgan fingerprint density at radius 2 is 1.81 bits per heavy atom. The number of aryl methyl sites for hydroxylation is 1. The van der Waals surface area contributed by atoms with Gasteiger partial charge in [-0.05, 0) is 32.2 Å². The molecule has 0 aliphatic rings. The highest BCUT2D eigenvalue weighted by atomic mass is 35.5. The molecule has 0 spiro atoms. The van der Waals surface area contributed by atoms with Crippen molar-refractivity contribution in [2.45, 2.75) is 11.8 Å². The van der Waals surface area contributed by atoms with Crippen molar-refractivity contribution < 1.29 is 13.2 Å². The first-order valence-electron chi connectivity index (χ1n) is 6.13. The summed E-state index contributed by atoms with van der Waals surface area (Å²) in [5.74, 6) is -0.148. The quantitative estimate of drug-likeness (QED) is 0.851. The molecule has 7 heteroatoms. The van der Waals surface area contributed by atoms with E-state index in [0.29, 0.717) is 5.56 Å². The summed E-state index contributed by atoms with van der Waals surface area (Å²) >= 11 is 0. The normalized spacial score (nSPS) is 11.0. The minimum absolute atomic E-state index is 0. The van der Waals surface area contributed by atoms with Crippen molar-refractivity contribution in [3.63, 3.8) is 0 Å². The molecule has 0 unspecified atom stereocenters. The summed E-state index contributed by atoms with van der Waals surface area (Å²) in [7, 11) is -1.97. The van der Waals surface area contributed by atoms with E-state index < -0.39 is 10.0 Å². The number of likely N-dealkylation sites (N-methyl/N-ethyl adjacent to an activating group) is 1. The third-order valence-electron chi connectivity index (χ3n) is 2.92. The second-order valence-corrected chi connectivity index (χ2v) is 6.34. The standard InChI is InChI=1S/C14H16N2O3S.ClH/c1-11-3-5-13(6-4-11)20(18,19)16-8-7-12(10-16)14(17)9-15-2;/h3-8,10,15H,9H2,1-2H3;1H. The van der Waals surface area contributed by atoms with Crippen LogP contribution in [0.3, 0.4) is 0 Å². The number of halogens is 1. The van der Waals surface area contributed by atoms with Gasteiger partial charge in [0.2, 0.25) is 0 Å². The minimum atomic E-state index is -3.64. The Balaban J connectivity index is 0.00000220. The number of aromatic nitrogens is 1. The van der Waals surface area contributed by atoms with Gasteiger partial charge in [0, 0.05) is 18.0 Å². The number of hydrogen-bond donors (Lipinski definition) is 1. The number of ketones is 1. The number of benzene rings is 1. The third kappa shape index (κ3) is 3.72. The third-order valence-corrected chi connectivity index (χ3v) is 4.57. The van der Waals surface area contributed by atoms with Crippen LogP contribution in [0.15, 0.2) is 47.6 Å². The van der Waals surface area contributed by atoms with E-state index in [1.807, 2.05) is 6.92 Å². The molecule has 0 saturated heterocycles. The van der Waals surface area contributed by atoms with Gasteiger partial charge >= 0.3 is 0 Å². The van der Waals surface area contributed by atoms with Crippen LogP contribution in [0.5, 0.6) is 0 Å². The van der Waals surface area contributed by atoms with Crippen LogP contribution >= 0.6 is 12.4 Å². The smallest absolute Gasteiger partial charge is 0.267 e. The van der Waals surface area contributed by atoms with Gasteiger partial charge in [0.1, 0.15) is 0 Å². The molecular weight excluding hydrogens is 312 g/mol. The molecule has 1 heterocycles. The molecule has 114 valence electrons. The zero-order valence-corrected chi connectivity index (χ0v) is 13.4. The summed E-state index contributed by atoms with van der Waals surface area (Å²) in [5, 5.41) is 2.74. The predicted molar refractivity (Wildman–Crippen MR) is 83.7 cm³/mol. The van der Waals surface area contributed by atoms with E-state index in [1.165, 1.54) is 18.5 Å². The molecule has 2 rings (SSSR count). The Morgan fingerprint density at radius 1 is 1.19 bits per heavy atom. The van der Waals surface area contributed by atoms with Gasteiger partial charge in [-0.1, -0.05) is 17.7 Å². The number of hydrogen-bond acceptors (Lipinski definition) is 4. The zero-order valence-electron chi connectivity index (χ0n) is 11.7.